The van der Waals surface area contributed by atoms with Crippen LogP contribution < -0.4 is 4.90 Å². The Balaban J connectivity index is 1.52. The topological polar surface area (TPSA) is 91.0 Å². The molecule has 0 aliphatic carbocycles. The van der Waals surface area contributed by atoms with E-state index >= 15 is 0 Å². The highest BCUT2D eigenvalue weighted by Gasteiger charge is 2.33. The molecule has 0 fully saturated rings. The fraction of sp³-hybridized carbons (Fsp3) is 0.136. The van der Waals surface area contributed by atoms with Crippen LogP contribution in [0.4, 0.5) is 18.9 Å². The highest BCUT2D eigenvalue weighted by atomic mass is 32.3. The van der Waals surface area contributed by atoms with Gasteiger partial charge in [0.2, 0.25) is 0 Å². The molecule has 1 amide bonds. The molecule has 4 aromatic rings. The van der Waals surface area contributed by atoms with E-state index in [4.69, 9.17) is 0 Å². The van der Waals surface area contributed by atoms with Crippen LogP contribution in [0.3, 0.4) is 0 Å². The molecule has 0 bridgehead atoms. The number of alkyl halides is 3. The van der Waals surface area contributed by atoms with Gasteiger partial charge in [0.05, 0.1) is 40.0 Å². The largest absolute Gasteiger partial charge is 0.416 e. The molecule has 11 heteroatoms. The highest BCUT2D eigenvalue weighted by molar-refractivity contribution is 8.24. The summed E-state index contributed by atoms with van der Waals surface area (Å²) in [4.78, 5) is 23.5. The molecular formula is C22H17F3N4O3S. The quantitative estimate of drug-likeness (QED) is 0.418. The Kier molecular flexibility index (Phi) is 4.92. The van der Waals surface area contributed by atoms with Crippen molar-refractivity contribution in [1.29, 1.82) is 0 Å². The first-order chi connectivity index (χ1) is 15.6. The Labute approximate surface area is 187 Å². The zero-order chi connectivity index (χ0) is 23.4. The Bertz CT molecular complexity index is 1370. The first-order valence-corrected chi connectivity index (χ1v) is 11.5. The molecule has 2 aromatic heterocycles. The van der Waals surface area contributed by atoms with Gasteiger partial charge in [-0.15, -0.1) is 0 Å². The van der Waals surface area contributed by atoms with E-state index in [2.05, 4.69) is 9.97 Å². The van der Waals surface area contributed by atoms with Gasteiger partial charge in [-0.3, -0.25) is 18.3 Å². The molecule has 1 aliphatic heterocycles. The number of anilines is 1. The van der Waals surface area contributed by atoms with E-state index in [9.17, 15) is 27.1 Å². The molecular weight excluding hydrogens is 457 g/mol. The van der Waals surface area contributed by atoms with Crippen molar-refractivity contribution in [3.05, 3.63) is 78.4 Å². The summed E-state index contributed by atoms with van der Waals surface area (Å²) in [6.07, 6.45) is -0.0504. The van der Waals surface area contributed by atoms with E-state index in [-0.39, 0.29) is 18.0 Å². The van der Waals surface area contributed by atoms with Crippen molar-refractivity contribution in [2.45, 2.75) is 11.1 Å². The second-order valence-electron chi connectivity index (χ2n) is 7.51. The standard InChI is InChI=1S/C22H17F3N4O3S/c23-22(24,25)15-7-5-14(6-8-15)18-11-27-20-12-26-16(13-29(18)20)21(30)28-9-10-33(31,32)19-4-2-1-3-17(19)28/h1-8,11-13,31-32H,9-10H2. The number of benzene rings is 2. The molecule has 2 aromatic carbocycles. The van der Waals surface area contributed by atoms with Gasteiger partial charge >= 0.3 is 6.18 Å². The molecule has 0 atom stereocenters. The number of aromatic nitrogens is 3. The van der Waals surface area contributed by atoms with Crippen molar-refractivity contribution in [3.63, 3.8) is 0 Å². The van der Waals surface area contributed by atoms with Crippen LogP contribution in [0, 0.1) is 0 Å². The van der Waals surface area contributed by atoms with Gasteiger partial charge in [0.15, 0.2) is 5.65 Å². The monoisotopic (exact) mass is 474 g/mol. The molecule has 7 nitrogen and oxygen atoms in total. The molecule has 0 unspecified atom stereocenters. The highest BCUT2D eigenvalue weighted by Crippen LogP contribution is 2.55. The Morgan fingerprint density at radius 1 is 1.00 bits per heavy atom. The van der Waals surface area contributed by atoms with Crippen molar-refractivity contribution in [2.75, 3.05) is 17.2 Å². The van der Waals surface area contributed by atoms with E-state index in [1.807, 2.05) is 0 Å². The van der Waals surface area contributed by atoms with E-state index in [0.717, 1.165) is 12.1 Å². The van der Waals surface area contributed by atoms with Gasteiger partial charge in [-0.05, 0) is 24.3 Å². The molecule has 0 radical (unpaired) electrons. The molecule has 1 aliphatic rings. The maximum atomic E-state index is 13.3. The van der Waals surface area contributed by atoms with Crippen LogP contribution in [0.15, 0.2) is 72.0 Å². The normalized spacial score (nSPS) is 16.5. The van der Waals surface area contributed by atoms with Crippen LogP contribution in [-0.4, -0.2) is 41.7 Å². The molecule has 3 heterocycles. The SMILES string of the molecule is O=C(c1cn2c(-c3ccc(C(F)(F)F)cc3)cnc2cn1)N1CCS(O)(O)c2ccccc21. The zero-order valence-corrected chi connectivity index (χ0v) is 17.7. The minimum atomic E-state index is -4.44. The summed E-state index contributed by atoms with van der Waals surface area (Å²) in [5.74, 6) is -0.425. The van der Waals surface area contributed by atoms with Gasteiger partial charge in [0.1, 0.15) is 5.69 Å². The predicted molar refractivity (Wildman–Crippen MR) is 118 cm³/mol. The first kappa shape index (κ1) is 21.4. The average Bonchev–Trinajstić information content (AvgIpc) is 3.22. The lowest BCUT2D eigenvalue weighted by Crippen LogP contribution is -2.39. The van der Waals surface area contributed by atoms with Gasteiger partial charge in [-0.2, -0.15) is 23.8 Å². The number of nitrogens with zero attached hydrogens (tertiary/aromatic N) is 4. The Hall–Kier alpha value is -3.41. The number of amides is 1. The summed E-state index contributed by atoms with van der Waals surface area (Å²) in [6, 6.07) is 11.3. The van der Waals surface area contributed by atoms with Crippen LogP contribution in [0.2, 0.25) is 0 Å². The van der Waals surface area contributed by atoms with Crippen molar-refractivity contribution < 1.29 is 27.1 Å². The van der Waals surface area contributed by atoms with Gasteiger partial charge < -0.3 is 4.90 Å². The smallest absolute Gasteiger partial charge is 0.304 e. The molecule has 33 heavy (non-hydrogen) atoms. The van der Waals surface area contributed by atoms with Gasteiger partial charge in [-0.1, -0.05) is 24.3 Å². The maximum Gasteiger partial charge on any atom is 0.416 e. The fourth-order valence-corrected chi connectivity index (χ4v) is 5.26. The van der Waals surface area contributed by atoms with Crippen molar-refractivity contribution >= 4 is 27.8 Å². The summed E-state index contributed by atoms with van der Waals surface area (Å²) in [6.45, 7) is 0.105. The third kappa shape index (κ3) is 3.73. The first-order valence-electron chi connectivity index (χ1n) is 9.83. The van der Waals surface area contributed by atoms with Crippen LogP contribution in [-0.2, 0) is 6.18 Å². The number of imidazole rings is 1. The van der Waals surface area contributed by atoms with E-state index < -0.39 is 28.2 Å². The zero-order valence-electron chi connectivity index (χ0n) is 16.9. The summed E-state index contributed by atoms with van der Waals surface area (Å²) in [5.41, 5.74) is 1.16. The van der Waals surface area contributed by atoms with Crippen LogP contribution in [0.5, 0.6) is 0 Å². The second-order valence-corrected chi connectivity index (χ2v) is 9.70. The van der Waals surface area contributed by atoms with Crippen molar-refractivity contribution in [3.8, 4) is 11.3 Å². The Morgan fingerprint density at radius 2 is 1.73 bits per heavy atom. The van der Waals surface area contributed by atoms with Crippen LogP contribution in [0.1, 0.15) is 16.1 Å². The van der Waals surface area contributed by atoms with Crippen LogP contribution >= 0.6 is 10.6 Å². The maximum absolute atomic E-state index is 13.3. The van der Waals surface area contributed by atoms with Gasteiger partial charge in [0, 0.05) is 18.3 Å². The number of hydrogen-bond acceptors (Lipinski definition) is 5. The van der Waals surface area contributed by atoms with Crippen molar-refractivity contribution in [2.24, 2.45) is 0 Å². The Morgan fingerprint density at radius 3 is 2.45 bits per heavy atom. The third-order valence-corrected chi connectivity index (χ3v) is 7.28. The van der Waals surface area contributed by atoms with Gasteiger partial charge in [0.25, 0.3) is 5.91 Å². The molecule has 5 rings (SSSR count). The number of fused-ring (bicyclic) bond motifs is 2. The second kappa shape index (κ2) is 7.58. The molecule has 0 saturated carbocycles. The number of para-hydroxylation sites is 1. The lowest BCUT2D eigenvalue weighted by molar-refractivity contribution is -0.137. The fourth-order valence-electron chi connectivity index (χ4n) is 3.80. The molecule has 170 valence electrons. The summed E-state index contributed by atoms with van der Waals surface area (Å²) >= 11 is 0. The third-order valence-electron chi connectivity index (χ3n) is 5.48. The summed E-state index contributed by atoms with van der Waals surface area (Å²) in [5, 5.41) is 0. The lowest BCUT2D eigenvalue weighted by atomic mass is 10.1. The molecule has 0 spiro atoms. The minimum Gasteiger partial charge on any atom is -0.304 e. The number of carbonyl (C=O) groups is 1. The summed E-state index contributed by atoms with van der Waals surface area (Å²) in [7, 11) is -2.98. The summed E-state index contributed by atoms with van der Waals surface area (Å²) < 4.78 is 60.9. The number of hydrogen-bond donors (Lipinski definition) is 2. The lowest BCUT2D eigenvalue weighted by Gasteiger charge is -2.42. The number of rotatable bonds is 2. The van der Waals surface area contributed by atoms with E-state index in [1.54, 1.807) is 28.7 Å². The van der Waals surface area contributed by atoms with Gasteiger partial charge in [-0.25, -0.2) is 9.97 Å². The predicted octanol–water partition coefficient (Wildman–Crippen LogP) is 5.19. The number of halogens is 3. The number of carbonyl (C=O) groups excluding carboxylic acids is 1. The molecule has 0 saturated heterocycles. The van der Waals surface area contributed by atoms with Crippen molar-refractivity contribution in [1.82, 2.24) is 14.4 Å². The van der Waals surface area contributed by atoms with Crippen LogP contribution in [0.25, 0.3) is 16.9 Å². The minimum absolute atomic E-state index is 0.0138. The average molecular weight is 474 g/mol. The van der Waals surface area contributed by atoms with E-state index in [0.29, 0.717) is 27.5 Å². The van der Waals surface area contributed by atoms with E-state index in [1.165, 1.54) is 35.6 Å². The molecule has 2 N–H and O–H groups in total.